The van der Waals surface area contributed by atoms with Crippen LogP contribution in [0.1, 0.15) is 28.9 Å². The molecule has 0 saturated heterocycles. The first-order chi connectivity index (χ1) is 9.08. The molecule has 0 fully saturated rings. The van der Waals surface area contributed by atoms with Crippen LogP contribution in [0.4, 0.5) is 8.78 Å². The molecule has 0 unspecified atom stereocenters. The number of benzene rings is 2. The van der Waals surface area contributed by atoms with Gasteiger partial charge < -0.3 is 5.32 Å². The normalized spacial score (nSPS) is 11.9. The van der Waals surface area contributed by atoms with Crippen molar-refractivity contribution in [3.8, 4) is 0 Å². The molecular formula is C15H13F2NO. The maximum absolute atomic E-state index is 13.5. The number of carbonyl (C=O) groups excluding carboxylic acids is 1. The standard InChI is InChI=1S/C15H13F2NO/c1-10(11-5-3-2-4-6-11)18-15(19)13-8-7-12(16)9-14(13)17/h2-10H,1H3,(H,18,19)/t10-/m0/s1. The first-order valence-corrected chi connectivity index (χ1v) is 5.89. The Labute approximate surface area is 110 Å². The van der Waals surface area contributed by atoms with E-state index in [0.29, 0.717) is 6.07 Å². The van der Waals surface area contributed by atoms with Crippen LogP contribution in [0.25, 0.3) is 0 Å². The molecule has 4 heteroatoms. The zero-order chi connectivity index (χ0) is 13.8. The molecule has 0 heterocycles. The van der Waals surface area contributed by atoms with Gasteiger partial charge in [0.15, 0.2) is 0 Å². The summed E-state index contributed by atoms with van der Waals surface area (Å²) in [5.74, 6) is -2.13. The van der Waals surface area contributed by atoms with Crippen molar-refractivity contribution in [2.24, 2.45) is 0 Å². The van der Waals surface area contributed by atoms with E-state index < -0.39 is 17.5 Å². The first kappa shape index (κ1) is 13.2. The lowest BCUT2D eigenvalue weighted by Crippen LogP contribution is -2.27. The van der Waals surface area contributed by atoms with Crippen molar-refractivity contribution in [3.63, 3.8) is 0 Å². The molecule has 98 valence electrons. The highest BCUT2D eigenvalue weighted by atomic mass is 19.1. The number of amides is 1. The molecule has 0 radical (unpaired) electrons. The molecule has 0 bridgehead atoms. The zero-order valence-corrected chi connectivity index (χ0v) is 10.4. The van der Waals surface area contributed by atoms with Gasteiger partial charge >= 0.3 is 0 Å². The molecule has 1 atom stereocenters. The van der Waals surface area contributed by atoms with Crippen LogP contribution in [0.2, 0.25) is 0 Å². The zero-order valence-electron chi connectivity index (χ0n) is 10.4. The quantitative estimate of drug-likeness (QED) is 0.900. The highest BCUT2D eigenvalue weighted by molar-refractivity contribution is 5.94. The second-order valence-electron chi connectivity index (χ2n) is 4.23. The molecule has 2 aromatic rings. The highest BCUT2D eigenvalue weighted by Crippen LogP contribution is 2.14. The summed E-state index contributed by atoms with van der Waals surface area (Å²) in [6, 6.07) is 12.0. The third-order valence-corrected chi connectivity index (χ3v) is 2.82. The van der Waals surface area contributed by atoms with E-state index in [-0.39, 0.29) is 11.6 Å². The highest BCUT2D eigenvalue weighted by Gasteiger charge is 2.15. The van der Waals surface area contributed by atoms with Gasteiger partial charge in [0.25, 0.3) is 5.91 Å². The second kappa shape index (κ2) is 5.61. The molecule has 2 rings (SSSR count). The van der Waals surface area contributed by atoms with Gasteiger partial charge in [-0.3, -0.25) is 4.79 Å². The minimum atomic E-state index is -0.863. The van der Waals surface area contributed by atoms with Gasteiger partial charge in [0.05, 0.1) is 11.6 Å². The summed E-state index contributed by atoms with van der Waals surface area (Å²) in [7, 11) is 0. The summed E-state index contributed by atoms with van der Waals surface area (Å²) in [6.07, 6.45) is 0. The van der Waals surface area contributed by atoms with Crippen LogP contribution in [-0.2, 0) is 0 Å². The molecule has 19 heavy (non-hydrogen) atoms. The molecule has 1 N–H and O–H groups in total. The van der Waals surface area contributed by atoms with Crippen molar-refractivity contribution in [1.82, 2.24) is 5.32 Å². The molecule has 2 aromatic carbocycles. The minimum Gasteiger partial charge on any atom is -0.345 e. The van der Waals surface area contributed by atoms with Gasteiger partial charge in [-0.05, 0) is 24.6 Å². The number of halogens is 2. The third kappa shape index (κ3) is 3.16. The number of hydrogen-bond donors (Lipinski definition) is 1. The lowest BCUT2D eigenvalue weighted by molar-refractivity contribution is 0.0935. The summed E-state index contributed by atoms with van der Waals surface area (Å²) in [5.41, 5.74) is 0.752. The van der Waals surface area contributed by atoms with E-state index in [1.807, 2.05) is 30.3 Å². The lowest BCUT2D eigenvalue weighted by Gasteiger charge is -2.14. The molecule has 0 spiro atoms. The van der Waals surface area contributed by atoms with Gasteiger partial charge in [-0.1, -0.05) is 30.3 Å². The van der Waals surface area contributed by atoms with Crippen LogP contribution in [-0.4, -0.2) is 5.91 Å². The Hall–Kier alpha value is -2.23. The van der Waals surface area contributed by atoms with Crippen LogP contribution < -0.4 is 5.32 Å². The van der Waals surface area contributed by atoms with Crippen LogP contribution >= 0.6 is 0 Å². The maximum Gasteiger partial charge on any atom is 0.254 e. The number of carbonyl (C=O) groups is 1. The van der Waals surface area contributed by atoms with Crippen LogP contribution in [0.3, 0.4) is 0 Å². The Morgan fingerprint density at radius 1 is 1.11 bits per heavy atom. The van der Waals surface area contributed by atoms with Gasteiger partial charge in [-0.2, -0.15) is 0 Å². The SMILES string of the molecule is C[C@H](NC(=O)c1ccc(F)cc1F)c1ccccc1. The van der Waals surface area contributed by atoms with Crippen LogP contribution in [0, 0.1) is 11.6 Å². The Kier molecular flexibility index (Phi) is 3.90. The molecule has 0 aliphatic rings. The van der Waals surface area contributed by atoms with Gasteiger partial charge in [-0.25, -0.2) is 8.78 Å². The second-order valence-corrected chi connectivity index (χ2v) is 4.23. The topological polar surface area (TPSA) is 29.1 Å². The Balaban J connectivity index is 2.13. The van der Waals surface area contributed by atoms with Gasteiger partial charge in [0.2, 0.25) is 0 Å². The van der Waals surface area contributed by atoms with Crippen molar-refractivity contribution < 1.29 is 13.6 Å². The van der Waals surface area contributed by atoms with Crippen molar-refractivity contribution in [2.75, 3.05) is 0 Å². The van der Waals surface area contributed by atoms with E-state index in [2.05, 4.69) is 5.32 Å². The number of hydrogen-bond acceptors (Lipinski definition) is 1. The predicted molar refractivity (Wildman–Crippen MR) is 68.7 cm³/mol. The van der Waals surface area contributed by atoms with E-state index in [1.165, 1.54) is 0 Å². The smallest absolute Gasteiger partial charge is 0.254 e. The largest absolute Gasteiger partial charge is 0.345 e. The lowest BCUT2D eigenvalue weighted by atomic mass is 10.1. The Morgan fingerprint density at radius 2 is 1.79 bits per heavy atom. The molecule has 1 amide bonds. The van der Waals surface area contributed by atoms with E-state index in [9.17, 15) is 13.6 Å². The maximum atomic E-state index is 13.5. The molecule has 0 aliphatic heterocycles. The molecule has 2 nitrogen and oxygen atoms in total. The Morgan fingerprint density at radius 3 is 2.42 bits per heavy atom. The van der Waals surface area contributed by atoms with E-state index in [1.54, 1.807) is 6.92 Å². The average Bonchev–Trinajstić information content (AvgIpc) is 2.39. The fourth-order valence-corrected chi connectivity index (χ4v) is 1.77. The number of rotatable bonds is 3. The molecule has 0 saturated carbocycles. The summed E-state index contributed by atoms with van der Waals surface area (Å²) < 4.78 is 26.2. The van der Waals surface area contributed by atoms with Crippen LogP contribution in [0.5, 0.6) is 0 Å². The summed E-state index contributed by atoms with van der Waals surface area (Å²) in [6.45, 7) is 1.80. The third-order valence-electron chi connectivity index (χ3n) is 2.82. The van der Waals surface area contributed by atoms with E-state index >= 15 is 0 Å². The van der Waals surface area contributed by atoms with Crippen molar-refractivity contribution >= 4 is 5.91 Å². The van der Waals surface area contributed by atoms with Gasteiger partial charge in [0, 0.05) is 6.07 Å². The van der Waals surface area contributed by atoms with Crippen LogP contribution in [0.15, 0.2) is 48.5 Å². The van der Waals surface area contributed by atoms with Gasteiger partial charge in [0.1, 0.15) is 11.6 Å². The molecule has 0 aromatic heterocycles. The Bertz CT molecular complexity index is 584. The molecular weight excluding hydrogens is 248 g/mol. The summed E-state index contributed by atoms with van der Waals surface area (Å²) >= 11 is 0. The number of nitrogens with one attached hydrogen (secondary N) is 1. The van der Waals surface area contributed by atoms with Crippen molar-refractivity contribution in [3.05, 3.63) is 71.3 Å². The minimum absolute atomic E-state index is 0.163. The monoisotopic (exact) mass is 261 g/mol. The van der Waals surface area contributed by atoms with E-state index in [0.717, 1.165) is 17.7 Å². The van der Waals surface area contributed by atoms with Crippen molar-refractivity contribution in [1.29, 1.82) is 0 Å². The summed E-state index contributed by atoms with van der Waals surface area (Å²) in [5, 5.41) is 2.67. The summed E-state index contributed by atoms with van der Waals surface area (Å²) in [4.78, 5) is 11.9. The van der Waals surface area contributed by atoms with E-state index in [4.69, 9.17) is 0 Å². The molecule has 0 aliphatic carbocycles. The first-order valence-electron chi connectivity index (χ1n) is 5.89. The van der Waals surface area contributed by atoms with Crippen molar-refractivity contribution in [2.45, 2.75) is 13.0 Å². The average molecular weight is 261 g/mol. The fourth-order valence-electron chi connectivity index (χ4n) is 1.77. The predicted octanol–water partition coefficient (Wildman–Crippen LogP) is 3.46. The van der Waals surface area contributed by atoms with Gasteiger partial charge in [-0.15, -0.1) is 0 Å². The fraction of sp³-hybridized carbons (Fsp3) is 0.133.